The van der Waals surface area contributed by atoms with Gasteiger partial charge >= 0.3 is 5.97 Å². The van der Waals surface area contributed by atoms with E-state index in [-0.39, 0.29) is 47.4 Å². The molecule has 0 saturated carbocycles. The maximum atomic E-state index is 14.7. The van der Waals surface area contributed by atoms with Crippen molar-refractivity contribution in [2.75, 3.05) is 0 Å². The number of aliphatic carboxylic acids is 1. The number of Topliss-reactive ketones (excluding diaryl/α,β-unsaturated/α-hetero) is 1. The first-order valence-electron chi connectivity index (χ1n) is 23.2. The van der Waals surface area contributed by atoms with Crippen molar-refractivity contribution >= 4 is 29.1 Å². The van der Waals surface area contributed by atoms with Crippen LogP contribution in [-0.2, 0) is 33.3 Å². The summed E-state index contributed by atoms with van der Waals surface area (Å²) in [6.45, 7) is 26.1. The zero-order valence-electron chi connectivity index (χ0n) is 38.9. The number of ketones is 1. The summed E-state index contributed by atoms with van der Waals surface area (Å²) in [6, 6.07) is -0.471. The Labute approximate surface area is 366 Å². The average Bonchev–Trinajstić information content (AvgIpc) is 3.52. The van der Waals surface area contributed by atoms with Crippen molar-refractivity contribution in [1.29, 1.82) is 0 Å². The molecule has 13 heteroatoms. The average molecular weight is 865 g/mol. The molecule has 4 fully saturated rings. The lowest BCUT2D eigenvalue weighted by molar-refractivity contribution is -0.397. The van der Waals surface area contributed by atoms with E-state index in [2.05, 4.69) is 65.2 Å². The van der Waals surface area contributed by atoms with Gasteiger partial charge in [-0.25, -0.2) is 0 Å². The van der Waals surface area contributed by atoms with E-state index in [9.17, 15) is 24.9 Å². The molecule has 0 aromatic carbocycles. The molecule has 5 rings (SSSR count). The van der Waals surface area contributed by atoms with Crippen molar-refractivity contribution in [2.45, 2.75) is 225 Å². The Balaban J connectivity index is 1.40. The van der Waals surface area contributed by atoms with Crippen molar-refractivity contribution in [3.8, 4) is 0 Å². The highest BCUT2D eigenvalue weighted by atomic mass is 32.1. The van der Waals surface area contributed by atoms with Gasteiger partial charge in [0, 0.05) is 35.6 Å². The highest BCUT2D eigenvalue weighted by Gasteiger charge is 2.63. The number of aliphatic hydroxyl groups excluding tert-OH is 1. The van der Waals surface area contributed by atoms with E-state index >= 15 is 0 Å². The van der Waals surface area contributed by atoms with Gasteiger partial charge < -0.3 is 49.6 Å². The molecule has 0 aromatic heterocycles. The maximum Gasteiger partial charge on any atom is 0.309 e. The first-order valence-corrected chi connectivity index (χ1v) is 23.6. The van der Waals surface area contributed by atoms with Crippen molar-refractivity contribution < 1.29 is 48.6 Å². The number of nitrogens with one attached hydrogen (secondary N) is 2. The van der Waals surface area contributed by atoms with Crippen LogP contribution in [0.2, 0.25) is 0 Å². The second kappa shape index (κ2) is 18.8. The fraction of sp³-hybridized carbons (Fsp3) is 0.894. The smallest absolute Gasteiger partial charge is 0.309 e. The molecule has 60 heavy (non-hydrogen) atoms. The zero-order valence-corrected chi connectivity index (χ0v) is 39.7. The van der Waals surface area contributed by atoms with Gasteiger partial charge in [0.25, 0.3) is 0 Å². The van der Waals surface area contributed by atoms with Crippen molar-refractivity contribution in [3.63, 3.8) is 0 Å². The van der Waals surface area contributed by atoms with Crippen LogP contribution in [0.15, 0.2) is 12.2 Å². The molecule has 5 heterocycles. The van der Waals surface area contributed by atoms with Gasteiger partial charge in [-0.05, 0) is 123 Å². The number of ether oxygens (including phenoxy) is 5. The van der Waals surface area contributed by atoms with Crippen LogP contribution in [0.4, 0.5) is 0 Å². The minimum Gasteiger partial charge on any atom is -0.481 e. The summed E-state index contributed by atoms with van der Waals surface area (Å²) in [4.78, 5) is 26.7. The van der Waals surface area contributed by atoms with Crippen LogP contribution in [0.1, 0.15) is 154 Å². The Kier molecular flexibility index (Phi) is 15.4. The molecule has 0 bridgehead atoms. The van der Waals surface area contributed by atoms with E-state index in [0.29, 0.717) is 56.5 Å². The zero-order chi connectivity index (χ0) is 44.7. The van der Waals surface area contributed by atoms with E-state index in [1.807, 2.05) is 40.7 Å². The maximum absolute atomic E-state index is 14.7. The molecular formula is C47H80N2O10S. The summed E-state index contributed by atoms with van der Waals surface area (Å²) < 4.78 is 34.8. The second-order valence-electron chi connectivity index (χ2n) is 20.8. The summed E-state index contributed by atoms with van der Waals surface area (Å²) in [5.74, 6) is -5.56. The minimum atomic E-state index is -1.22. The summed E-state index contributed by atoms with van der Waals surface area (Å²) in [5, 5.41) is 40.3. The minimum absolute atomic E-state index is 0.0160. The van der Waals surface area contributed by atoms with Gasteiger partial charge in [-0.15, -0.1) is 0 Å². The van der Waals surface area contributed by atoms with Gasteiger partial charge in [-0.2, -0.15) is 0 Å². The highest BCUT2D eigenvalue weighted by molar-refractivity contribution is 7.80. The molecule has 2 spiro atoms. The second-order valence-corrected chi connectivity index (χ2v) is 21.2. The number of aliphatic hydroxyl groups is 2. The number of rotatable bonds is 13. The van der Waals surface area contributed by atoms with E-state index in [4.69, 9.17) is 35.9 Å². The lowest BCUT2D eigenvalue weighted by Gasteiger charge is -2.55. The molecule has 2 unspecified atom stereocenters. The SMILES string of the molecule is CCC(C(=O)[C@@H](C)[C@@H](O)[C@H](C)[C@@H]1O[C@@H]([C@@H](CC)C(=O)O)CC[C@@H]1C)[C@H]1O[C@]2(C=CC(NC(=S)NC(C)(C)C)[C@]3(CC[C@@](C)([C@H]4CC[C@](O)(CC)[C@H](C)O4)O3)O2)[C@H](C)C[C@@H]1C. The molecule has 5 N–H and O–H groups in total. The van der Waals surface area contributed by atoms with Gasteiger partial charge in [0.2, 0.25) is 0 Å². The summed E-state index contributed by atoms with van der Waals surface area (Å²) >= 11 is 5.83. The predicted molar refractivity (Wildman–Crippen MR) is 235 cm³/mol. The van der Waals surface area contributed by atoms with Gasteiger partial charge in [-0.1, -0.05) is 61.5 Å². The number of hydrogen-bond acceptors (Lipinski definition) is 10. The number of hydrogen-bond donors (Lipinski definition) is 5. The van der Waals surface area contributed by atoms with Gasteiger partial charge in [0.15, 0.2) is 16.7 Å². The van der Waals surface area contributed by atoms with E-state index in [0.717, 1.165) is 12.8 Å². The third kappa shape index (κ3) is 9.98. The first kappa shape index (κ1) is 49.3. The first-order chi connectivity index (χ1) is 27.9. The Bertz CT molecular complexity index is 1560. The monoisotopic (exact) mass is 865 g/mol. The molecule has 12 nitrogen and oxygen atoms in total. The number of carboxylic acids is 1. The normalized spacial score (nSPS) is 42.3. The lowest BCUT2D eigenvalue weighted by atomic mass is 9.72. The number of carboxylic acid groups (broad SMARTS) is 1. The summed E-state index contributed by atoms with van der Waals surface area (Å²) in [7, 11) is 0. The third-order valence-corrected chi connectivity index (χ3v) is 15.5. The van der Waals surface area contributed by atoms with Crippen LogP contribution < -0.4 is 10.6 Å². The van der Waals surface area contributed by atoms with Gasteiger partial charge in [0.1, 0.15) is 11.8 Å². The Morgan fingerprint density at radius 1 is 0.917 bits per heavy atom. The Morgan fingerprint density at radius 2 is 1.58 bits per heavy atom. The van der Waals surface area contributed by atoms with Crippen LogP contribution in [0.25, 0.3) is 0 Å². The molecule has 344 valence electrons. The van der Waals surface area contributed by atoms with Crippen LogP contribution in [-0.4, -0.2) is 103 Å². The standard InChI is InChI=1S/C47H80N2O10S/c1-14-32(41(52)53)34-18-17-26(4)39(56-34)30(8)37(50)29(7)38(51)33(15-2)40-27(5)25-28(6)46(57-40)22-19-35(48-42(60)49-43(10,11)12)47(59-46)24-23-44(13,58-47)36-20-21-45(54,16-3)31(9)55-36/h19,22,26-37,39-40,50,54H,14-18,20-21,23-25H2,1-13H3,(H,52,53)(H2,48,49,60)/t26-,27-,28+,29-,30-,31-,32+,33?,34+,35?,36+,37+,39+,40-,44-,45+,46-,47-/m0/s1. The van der Waals surface area contributed by atoms with Crippen molar-refractivity contribution in [2.24, 2.45) is 41.4 Å². The lowest BCUT2D eigenvalue weighted by Crippen LogP contribution is -2.66. The highest BCUT2D eigenvalue weighted by Crippen LogP contribution is 2.54. The predicted octanol–water partition coefficient (Wildman–Crippen LogP) is 7.46. The number of carbonyl (C=O) groups excluding carboxylic acids is 1. The molecule has 5 aliphatic rings. The molecular weight excluding hydrogens is 785 g/mol. The van der Waals surface area contributed by atoms with Crippen LogP contribution in [0, 0.1) is 41.4 Å². The summed E-state index contributed by atoms with van der Waals surface area (Å²) in [5.41, 5.74) is -1.89. The summed E-state index contributed by atoms with van der Waals surface area (Å²) in [6.07, 6.45) is 7.32. The molecule has 18 atom stereocenters. The molecule has 0 radical (unpaired) electrons. The fourth-order valence-corrected chi connectivity index (χ4v) is 11.6. The van der Waals surface area contributed by atoms with E-state index in [1.54, 1.807) is 6.92 Å². The third-order valence-electron chi connectivity index (χ3n) is 15.3. The van der Waals surface area contributed by atoms with Crippen molar-refractivity contribution in [1.82, 2.24) is 10.6 Å². The van der Waals surface area contributed by atoms with Gasteiger partial charge in [0.05, 0.1) is 53.7 Å². The number of thiocarbonyl (C=S) groups is 1. The molecule has 0 aliphatic carbocycles. The molecule has 0 amide bonds. The van der Waals surface area contributed by atoms with Crippen LogP contribution >= 0.6 is 12.2 Å². The van der Waals surface area contributed by atoms with Crippen molar-refractivity contribution in [3.05, 3.63) is 12.2 Å². The van der Waals surface area contributed by atoms with Crippen LogP contribution in [0.5, 0.6) is 0 Å². The van der Waals surface area contributed by atoms with E-state index < -0.39 is 76.8 Å². The number of carbonyl (C=O) groups is 2. The topological polar surface area (TPSA) is 165 Å². The van der Waals surface area contributed by atoms with Crippen LogP contribution in [0.3, 0.4) is 0 Å². The molecule has 5 aliphatic heterocycles. The Morgan fingerprint density at radius 3 is 2.17 bits per heavy atom. The fourth-order valence-electron chi connectivity index (χ4n) is 11.2. The molecule has 4 saturated heterocycles. The molecule has 0 aromatic rings. The van der Waals surface area contributed by atoms with Gasteiger partial charge in [-0.3, -0.25) is 9.59 Å². The largest absolute Gasteiger partial charge is 0.481 e. The van der Waals surface area contributed by atoms with E-state index in [1.165, 1.54) is 0 Å². The Hall–Kier alpha value is -1.71. The quantitative estimate of drug-likeness (QED) is 0.0917.